The van der Waals surface area contributed by atoms with Gasteiger partial charge >= 0.3 is 5.97 Å². The number of esters is 1. The standard InChI is InChI=1S/C24H27FN2O4/c25-20-6-4-19(5-7-20)24(10-1-11-24)23(29)31-17-22(28)26-21-8-2-18(3-9-21)16-27-12-14-30-15-13-27/h2-9H,1,10-17H2,(H,26,28). The summed E-state index contributed by atoms with van der Waals surface area (Å²) in [4.78, 5) is 27.3. The number of carbonyl (C=O) groups is 2. The Balaban J connectivity index is 1.27. The molecule has 1 saturated carbocycles. The highest BCUT2D eigenvalue weighted by Gasteiger charge is 2.47. The molecule has 0 spiro atoms. The van der Waals surface area contributed by atoms with Crippen LogP contribution in [0.1, 0.15) is 30.4 Å². The van der Waals surface area contributed by atoms with Gasteiger partial charge in [0.15, 0.2) is 6.61 Å². The summed E-state index contributed by atoms with van der Waals surface area (Å²) in [6.45, 7) is 3.86. The minimum Gasteiger partial charge on any atom is -0.455 e. The molecule has 1 aliphatic carbocycles. The number of anilines is 1. The maximum Gasteiger partial charge on any atom is 0.317 e. The highest BCUT2D eigenvalue weighted by molar-refractivity contribution is 5.94. The van der Waals surface area contributed by atoms with Crippen LogP contribution >= 0.6 is 0 Å². The maximum absolute atomic E-state index is 13.2. The molecular formula is C24H27FN2O4. The average molecular weight is 426 g/mol. The number of halogens is 1. The van der Waals surface area contributed by atoms with Crippen molar-refractivity contribution in [3.05, 3.63) is 65.5 Å². The summed E-state index contributed by atoms with van der Waals surface area (Å²) in [5, 5.41) is 2.76. The molecule has 2 aromatic rings. The molecule has 1 aliphatic heterocycles. The molecule has 2 aromatic carbocycles. The second kappa shape index (κ2) is 9.58. The van der Waals surface area contributed by atoms with E-state index < -0.39 is 11.4 Å². The Morgan fingerprint density at radius 1 is 1.03 bits per heavy atom. The Kier molecular flexibility index (Phi) is 6.63. The van der Waals surface area contributed by atoms with Crippen LogP contribution in [-0.2, 0) is 31.0 Å². The predicted octanol–water partition coefficient (Wildman–Crippen LogP) is 3.26. The summed E-state index contributed by atoms with van der Waals surface area (Å²) in [6.07, 6.45) is 2.18. The van der Waals surface area contributed by atoms with Crippen molar-refractivity contribution in [2.45, 2.75) is 31.2 Å². The summed E-state index contributed by atoms with van der Waals surface area (Å²) in [7, 11) is 0. The monoisotopic (exact) mass is 426 g/mol. The Hall–Kier alpha value is -2.77. The van der Waals surface area contributed by atoms with Crippen LogP contribution in [0.2, 0.25) is 0 Å². The summed E-state index contributed by atoms with van der Waals surface area (Å²) in [5.41, 5.74) is 1.79. The predicted molar refractivity (Wildman–Crippen MR) is 114 cm³/mol. The molecular weight excluding hydrogens is 399 g/mol. The Morgan fingerprint density at radius 2 is 1.71 bits per heavy atom. The minimum absolute atomic E-state index is 0.345. The molecule has 1 saturated heterocycles. The zero-order valence-corrected chi connectivity index (χ0v) is 17.4. The Morgan fingerprint density at radius 3 is 2.32 bits per heavy atom. The van der Waals surface area contributed by atoms with Gasteiger partial charge in [0, 0.05) is 25.3 Å². The number of hydrogen-bond acceptors (Lipinski definition) is 5. The number of benzene rings is 2. The first-order chi connectivity index (χ1) is 15.0. The fraction of sp³-hybridized carbons (Fsp3) is 0.417. The lowest BCUT2D eigenvalue weighted by atomic mass is 9.64. The third-order valence-corrected chi connectivity index (χ3v) is 6.08. The van der Waals surface area contributed by atoms with Crippen molar-refractivity contribution in [1.29, 1.82) is 0 Å². The van der Waals surface area contributed by atoms with Gasteiger partial charge in [0.2, 0.25) is 0 Å². The van der Waals surface area contributed by atoms with Gasteiger partial charge < -0.3 is 14.8 Å². The molecule has 7 heteroatoms. The van der Waals surface area contributed by atoms with Crippen molar-refractivity contribution in [2.24, 2.45) is 0 Å². The zero-order valence-electron chi connectivity index (χ0n) is 17.4. The topological polar surface area (TPSA) is 67.9 Å². The van der Waals surface area contributed by atoms with Crippen LogP contribution in [0.4, 0.5) is 10.1 Å². The number of ether oxygens (including phenoxy) is 2. The number of hydrogen-bond donors (Lipinski definition) is 1. The number of carbonyl (C=O) groups excluding carboxylic acids is 2. The molecule has 4 rings (SSSR count). The Labute approximate surface area is 181 Å². The van der Waals surface area contributed by atoms with Crippen LogP contribution in [0.3, 0.4) is 0 Å². The average Bonchev–Trinajstić information content (AvgIpc) is 2.75. The molecule has 0 radical (unpaired) electrons. The van der Waals surface area contributed by atoms with E-state index in [1.807, 2.05) is 24.3 Å². The van der Waals surface area contributed by atoms with Crippen molar-refractivity contribution in [2.75, 3.05) is 38.2 Å². The van der Waals surface area contributed by atoms with Gasteiger partial charge in [0.05, 0.1) is 18.6 Å². The summed E-state index contributed by atoms with van der Waals surface area (Å²) in [6, 6.07) is 13.6. The van der Waals surface area contributed by atoms with Crippen molar-refractivity contribution in [3.63, 3.8) is 0 Å². The first kappa shape index (κ1) is 21.5. The fourth-order valence-electron chi connectivity index (χ4n) is 4.09. The third-order valence-electron chi connectivity index (χ3n) is 6.08. The lowest BCUT2D eigenvalue weighted by Gasteiger charge is -2.39. The molecule has 2 aliphatic rings. The number of amides is 1. The Bertz CT molecular complexity index is 904. The number of nitrogens with one attached hydrogen (secondary N) is 1. The molecule has 164 valence electrons. The van der Waals surface area contributed by atoms with Crippen LogP contribution in [-0.4, -0.2) is 49.7 Å². The van der Waals surface area contributed by atoms with Crippen LogP contribution in [0.5, 0.6) is 0 Å². The number of nitrogens with zero attached hydrogens (tertiary/aromatic N) is 1. The normalized spacial score (nSPS) is 18.1. The maximum atomic E-state index is 13.2. The largest absolute Gasteiger partial charge is 0.455 e. The summed E-state index contributed by atoms with van der Waals surface area (Å²) in [5.74, 6) is -1.16. The lowest BCUT2D eigenvalue weighted by molar-refractivity contribution is -0.156. The molecule has 2 fully saturated rings. The van der Waals surface area contributed by atoms with Gasteiger partial charge in [0.1, 0.15) is 5.82 Å². The van der Waals surface area contributed by atoms with E-state index in [1.165, 1.54) is 12.1 Å². The third kappa shape index (κ3) is 5.11. The number of rotatable bonds is 7. The van der Waals surface area contributed by atoms with Gasteiger partial charge in [-0.25, -0.2) is 4.39 Å². The molecule has 31 heavy (non-hydrogen) atoms. The van der Waals surface area contributed by atoms with Crippen LogP contribution in [0.15, 0.2) is 48.5 Å². The molecule has 6 nitrogen and oxygen atoms in total. The second-order valence-corrected chi connectivity index (χ2v) is 8.15. The van der Waals surface area contributed by atoms with E-state index in [4.69, 9.17) is 9.47 Å². The number of morpholine rings is 1. The van der Waals surface area contributed by atoms with Crippen LogP contribution < -0.4 is 5.32 Å². The van der Waals surface area contributed by atoms with E-state index in [9.17, 15) is 14.0 Å². The molecule has 1 N–H and O–H groups in total. The molecule has 1 heterocycles. The van der Waals surface area contributed by atoms with Gasteiger partial charge in [-0.1, -0.05) is 30.7 Å². The van der Waals surface area contributed by atoms with Crippen molar-refractivity contribution in [3.8, 4) is 0 Å². The fourth-order valence-corrected chi connectivity index (χ4v) is 4.09. The van der Waals surface area contributed by atoms with Gasteiger partial charge in [0.25, 0.3) is 5.91 Å². The zero-order chi connectivity index (χ0) is 21.7. The lowest BCUT2D eigenvalue weighted by Crippen LogP contribution is -2.44. The van der Waals surface area contributed by atoms with Gasteiger partial charge in [-0.15, -0.1) is 0 Å². The van der Waals surface area contributed by atoms with Gasteiger partial charge in [-0.3, -0.25) is 14.5 Å². The van der Waals surface area contributed by atoms with E-state index in [2.05, 4.69) is 10.2 Å². The van der Waals surface area contributed by atoms with Gasteiger partial charge in [-0.2, -0.15) is 0 Å². The van der Waals surface area contributed by atoms with Crippen LogP contribution in [0.25, 0.3) is 0 Å². The minimum atomic E-state index is -0.769. The quantitative estimate of drug-likeness (QED) is 0.689. The smallest absolute Gasteiger partial charge is 0.317 e. The van der Waals surface area contributed by atoms with E-state index in [0.29, 0.717) is 18.5 Å². The van der Waals surface area contributed by atoms with E-state index >= 15 is 0 Å². The molecule has 0 unspecified atom stereocenters. The second-order valence-electron chi connectivity index (χ2n) is 8.15. The highest BCUT2D eigenvalue weighted by Crippen LogP contribution is 2.44. The van der Waals surface area contributed by atoms with E-state index in [0.717, 1.165) is 50.4 Å². The molecule has 1 amide bonds. The molecule has 0 aromatic heterocycles. The van der Waals surface area contributed by atoms with E-state index in [-0.39, 0.29) is 18.3 Å². The summed E-state index contributed by atoms with van der Waals surface area (Å²) >= 11 is 0. The van der Waals surface area contributed by atoms with Crippen molar-refractivity contribution < 1.29 is 23.5 Å². The summed E-state index contributed by atoms with van der Waals surface area (Å²) < 4.78 is 23.9. The van der Waals surface area contributed by atoms with E-state index in [1.54, 1.807) is 12.1 Å². The van der Waals surface area contributed by atoms with Gasteiger partial charge in [-0.05, 0) is 48.2 Å². The highest BCUT2D eigenvalue weighted by atomic mass is 19.1. The SMILES string of the molecule is O=C(COC(=O)C1(c2ccc(F)cc2)CCC1)Nc1ccc(CN2CCOCC2)cc1. The molecule has 0 bridgehead atoms. The first-order valence-electron chi connectivity index (χ1n) is 10.7. The van der Waals surface area contributed by atoms with Crippen molar-refractivity contribution >= 4 is 17.6 Å². The molecule has 0 atom stereocenters. The van der Waals surface area contributed by atoms with Crippen molar-refractivity contribution in [1.82, 2.24) is 4.90 Å². The van der Waals surface area contributed by atoms with Crippen LogP contribution in [0, 0.1) is 5.82 Å². The first-order valence-corrected chi connectivity index (χ1v) is 10.7.